The van der Waals surface area contributed by atoms with Crippen LogP contribution in [0.15, 0.2) is 18.3 Å². The minimum atomic E-state index is -0.862. The van der Waals surface area contributed by atoms with Crippen molar-refractivity contribution in [3.8, 4) is 5.88 Å². The number of hydrogen-bond donors (Lipinski definition) is 3. The van der Waals surface area contributed by atoms with Crippen molar-refractivity contribution in [2.75, 3.05) is 6.54 Å². The molecule has 132 valence electrons. The van der Waals surface area contributed by atoms with Crippen LogP contribution in [0.25, 0.3) is 0 Å². The molecule has 1 heterocycles. The monoisotopic (exact) mass is 335 g/mol. The summed E-state index contributed by atoms with van der Waals surface area (Å²) in [6.45, 7) is 0.707. The van der Waals surface area contributed by atoms with E-state index >= 15 is 0 Å². The van der Waals surface area contributed by atoms with Crippen molar-refractivity contribution in [1.29, 1.82) is 0 Å². The number of carbonyl (C=O) groups is 2. The number of carboxylic acid groups (broad SMARTS) is 1. The van der Waals surface area contributed by atoms with Gasteiger partial charge in [0.25, 0.3) is 0 Å². The fourth-order valence-electron chi connectivity index (χ4n) is 2.66. The highest BCUT2D eigenvalue weighted by Crippen LogP contribution is 2.22. The Labute approximate surface area is 141 Å². The summed E-state index contributed by atoms with van der Waals surface area (Å²) in [4.78, 5) is 26.3. The molecule has 0 spiro atoms. The van der Waals surface area contributed by atoms with Gasteiger partial charge in [-0.05, 0) is 43.7 Å². The maximum absolute atomic E-state index is 11.6. The van der Waals surface area contributed by atoms with E-state index in [1.54, 1.807) is 6.20 Å². The predicted molar refractivity (Wildman–Crippen MR) is 88.8 cm³/mol. The average Bonchev–Trinajstić information content (AvgIpc) is 2.58. The van der Waals surface area contributed by atoms with Crippen molar-refractivity contribution in [3.63, 3.8) is 0 Å². The van der Waals surface area contributed by atoms with Gasteiger partial charge in [0.15, 0.2) is 0 Å². The number of hydrogen-bond acceptors (Lipinski definition) is 4. The second-order valence-corrected chi connectivity index (χ2v) is 5.99. The molecular formula is C17H25N3O4. The quantitative estimate of drug-likeness (QED) is 0.634. The second kappa shape index (κ2) is 9.75. The Morgan fingerprint density at radius 1 is 1.25 bits per heavy atom. The van der Waals surface area contributed by atoms with Crippen molar-refractivity contribution in [3.05, 3.63) is 23.9 Å². The molecule has 0 atom stereocenters. The Morgan fingerprint density at radius 2 is 2.04 bits per heavy atom. The number of nitrogens with one attached hydrogen (secondary N) is 2. The van der Waals surface area contributed by atoms with Gasteiger partial charge in [-0.1, -0.05) is 6.42 Å². The Kier molecular flexibility index (Phi) is 7.32. The molecule has 7 heteroatoms. The highest BCUT2D eigenvalue weighted by atomic mass is 16.5. The molecule has 2 rings (SSSR count). The largest absolute Gasteiger partial charge is 0.481 e. The van der Waals surface area contributed by atoms with Gasteiger partial charge in [-0.3, -0.25) is 4.79 Å². The lowest BCUT2D eigenvalue weighted by Gasteiger charge is -2.22. The normalized spacial score (nSPS) is 14.8. The average molecular weight is 335 g/mol. The molecule has 0 aromatic carbocycles. The summed E-state index contributed by atoms with van der Waals surface area (Å²) in [6.07, 6.45) is 8.21. The third kappa shape index (κ3) is 6.85. The van der Waals surface area contributed by atoms with Gasteiger partial charge in [0, 0.05) is 31.8 Å². The molecule has 0 saturated heterocycles. The third-order valence-corrected chi connectivity index (χ3v) is 3.94. The van der Waals surface area contributed by atoms with Crippen molar-refractivity contribution in [1.82, 2.24) is 15.6 Å². The molecule has 1 aromatic rings. The first kappa shape index (κ1) is 18.0. The molecule has 0 unspecified atom stereocenters. The number of carboxylic acids is 1. The number of amides is 2. The molecule has 0 aliphatic heterocycles. The molecule has 0 radical (unpaired) electrons. The zero-order valence-electron chi connectivity index (χ0n) is 13.8. The lowest BCUT2D eigenvalue weighted by Crippen LogP contribution is -2.35. The topological polar surface area (TPSA) is 101 Å². The third-order valence-electron chi connectivity index (χ3n) is 3.94. The molecule has 1 aliphatic carbocycles. The van der Waals surface area contributed by atoms with Gasteiger partial charge in [-0.2, -0.15) is 0 Å². The highest BCUT2D eigenvalue weighted by Gasteiger charge is 2.15. The number of rotatable bonds is 8. The number of aromatic nitrogens is 1. The first-order chi connectivity index (χ1) is 11.6. The fourth-order valence-corrected chi connectivity index (χ4v) is 2.66. The van der Waals surface area contributed by atoms with E-state index in [1.807, 2.05) is 12.1 Å². The van der Waals surface area contributed by atoms with Gasteiger partial charge in [0.1, 0.15) is 6.10 Å². The molecule has 1 fully saturated rings. The number of ether oxygens (including phenoxy) is 1. The van der Waals surface area contributed by atoms with E-state index in [2.05, 4.69) is 15.6 Å². The maximum Gasteiger partial charge on any atom is 0.315 e. The van der Waals surface area contributed by atoms with E-state index < -0.39 is 5.97 Å². The Hall–Kier alpha value is -2.31. The van der Waals surface area contributed by atoms with Gasteiger partial charge in [0.05, 0.1) is 0 Å². The zero-order chi connectivity index (χ0) is 17.2. The smallest absolute Gasteiger partial charge is 0.315 e. The predicted octanol–water partition coefficient (Wildman–Crippen LogP) is 2.46. The van der Waals surface area contributed by atoms with Gasteiger partial charge < -0.3 is 20.5 Å². The van der Waals surface area contributed by atoms with Crippen molar-refractivity contribution < 1.29 is 19.4 Å². The summed E-state index contributed by atoms with van der Waals surface area (Å²) in [5.74, 6) is -0.262. The van der Waals surface area contributed by atoms with E-state index in [-0.39, 0.29) is 18.6 Å². The highest BCUT2D eigenvalue weighted by molar-refractivity contribution is 5.73. The fraction of sp³-hybridized carbons (Fsp3) is 0.588. The lowest BCUT2D eigenvalue weighted by molar-refractivity contribution is -0.137. The number of pyridine rings is 1. The minimum Gasteiger partial charge on any atom is -0.481 e. The van der Waals surface area contributed by atoms with Gasteiger partial charge >= 0.3 is 12.0 Å². The maximum atomic E-state index is 11.6. The first-order valence-electron chi connectivity index (χ1n) is 8.48. The zero-order valence-corrected chi connectivity index (χ0v) is 13.8. The van der Waals surface area contributed by atoms with Crippen LogP contribution in [-0.4, -0.2) is 34.7 Å². The van der Waals surface area contributed by atoms with Crippen LogP contribution in [0.2, 0.25) is 0 Å². The molecule has 3 N–H and O–H groups in total. The summed E-state index contributed by atoms with van der Waals surface area (Å²) >= 11 is 0. The molecule has 1 aliphatic rings. The second-order valence-electron chi connectivity index (χ2n) is 5.99. The Morgan fingerprint density at radius 3 is 2.79 bits per heavy atom. The van der Waals surface area contributed by atoms with Crippen LogP contribution in [0.5, 0.6) is 5.88 Å². The van der Waals surface area contributed by atoms with Crippen LogP contribution in [0.1, 0.15) is 50.5 Å². The van der Waals surface area contributed by atoms with Gasteiger partial charge in [-0.15, -0.1) is 0 Å². The number of aliphatic carboxylic acids is 1. The first-order valence-corrected chi connectivity index (χ1v) is 8.48. The molecular weight excluding hydrogens is 310 g/mol. The Balaban J connectivity index is 1.71. The standard InChI is InChI=1S/C17H25N3O4/c21-16(22)7-4-9-19-17(23)20-12-13-8-10-18-15(11-13)24-14-5-2-1-3-6-14/h8,10-11,14H,1-7,9,12H2,(H,21,22)(H2,19,20,23). The Bertz CT molecular complexity index is 544. The molecule has 2 amide bonds. The molecule has 1 saturated carbocycles. The summed E-state index contributed by atoms with van der Waals surface area (Å²) in [5, 5.41) is 13.9. The van der Waals surface area contributed by atoms with Crippen LogP contribution >= 0.6 is 0 Å². The van der Waals surface area contributed by atoms with Crippen LogP contribution in [0, 0.1) is 0 Å². The van der Waals surface area contributed by atoms with Crippen LogP contribution in [0.3, 0.4) is 0 Å². The molecule has 7 nitrogen and oxygen atoms in total. The number of urea groups is 1. The lowest BCUT2D eigenvalue weighted by atomic mass is 9.98. The molecule has 1 aromatic heterocycles. The van der Waals surface area contributed by atoms with E-state index in [4.69, 9.17) is 9.84 Å². The SMILES string of the molecule is O=C(O)CCCNC(=O)NCc1ccnc(OC2CCCCC2)c1. The van der Waals surface area contributed by atoms with Crippen molar-refractivity contribution in [2.24, 2.45) is 0 Å². The van der Waals surface area contributed by atoms with Crippen LogP contribution < -0.4 is 15.4 Å². The van der Waals surface area contributed by atoms with E-state index in [1.165, 1.54) is 19.3 Å². The summed E-state index contributed by atoms with van der Waals surface area (Å²) < 4.78 is 5.91. The van der Waals surface area contributed by atoms with Crippen molar-refractivity contribution in [2.45, 2.75) is 57.6 Å². The number of carbonyl (C=O) groups excluding carboxylic acids is 1. The summed E-state index contributed by atoms with van der Waals surface area (Å²) in [6, 6.07) is 3.37. The number of nitrogens with zero attached hydrogens (tertiary/aromatic N) is 1. The molecule has 24 heavy (non-hydrogen) atoms. The van der Waals surface area contributed by atoms with E-state index in [9.17, 15) is 9.59 Å². The summed E-state index contributed by atoms with van der Waals surface area (Å²) in [5.41, 5.74) is 0.913. The van der Waals surface area contributed by atoms with Crippen LogP contribution in [-0.2, 0) is 11.3 Å². The van der Waals surface area contributed by atoms with Gasteiger partial charge in [-0.25, -0.2) is 9.78 Å². The molecule has 0 bridgehead atoms. The van der Waals surface area contributed by atoms with E-state index in [0.29, 0.717) is 25.4 Å². The van der Waals surface area contributed by atoms with Crippen molar-refractivity contribution >= 4 is 12.0 Å². The van der Waals surface area contributed by atoms with Gasteiger partial charge in [0.2, 0.25) is 5.88 Å². The summed E-state index contributed by atoms with van der Waals surface area (Å²) in [7, 11) is 0. The van der Waals surface area contributed by atoms with E-state index in [0.717, 1.165) is 18.4 Å². The minimum absolute atomic E-state index is 0.0481. The van der Waals surface area contributed by atoms with Crippen LogP contribution in [0.4, 0.5) is 4.79 Å².